The van der Waals surface area contributed by atoms with Crippen molar-refractivity contribution in [1.29, 1.82) is 0 Å². The summed E-state index contributed by atoms with van der Waals surface area (Å²) in [7, 11) is 0. The molecule has 0 aliphatic heterocycles. The molecule has 0 saturated carbocycles. The number of nitrogens with zero attached hydrogens (tertiary/aromatic N) is 3. The maximum Gasteiger partial charge on any atom is 0.357 e. The van der Waals surface area contributed by atoms with Gasteiger partial charge < -0.3 is 15.4 Å². The lowest BCUT2D eigenvalue weighted by molar-refractivity contribution is -0.597. The molecule has 4 heteroatoms. The molecule has 0 amide bonds. The number of hydrogen-bond donors (Lipinski definition) is 0. The number of benzene rings is 3. The summed E-state index contributed by atoms with van der Waals surface area (Å²) in [6.07, 6.45) is 0. The minimum atomic E-state index is 0.0287. The quantitative estimate of drug-likeness (QED) is 0.455. The monoisotopic (exact) mass is 413 g/mol. The molecule has 114 valence electrons. The molecule has 0 radical (unpaired) electrons. The van der Waals surface area contributed by atoms with Gasteiger partial charge in [0, 0.05) is 0 Å². The molecule has 1 heterocycles. The summed E-state index contributed by atoms with van der Waals surface area (Å²) in [4.78, 5) is 0. The Bertz CT molecular complexity index is 820. The van der Waals surface area contributed by atoms with Gasteiger partial charge >= 0.3 is 21.2 Å². The van der Waals surface area contributed by atoms with Gasteiger partial charge in [-0.05, 0) is 48.9 Å². The van der Waals surface area contributed by atoms with E-state index >= 15 is 0 Å². The molecule has 4 rings (SSSR count). The van der Waals surface area contributed by atoms with Crippen LogP contribution in [0.3, 0.4) is 0 Å². The lowest BCUT2D eigenvalue weighted by atomic mass is 10.2. The zero-order valence-corrected chi connectivity index (χ0v) is 14.9. The molecule has 3 nitrogen and oxygen atoms in total. The first-order valence-electron chi connectivity index (χ1n) is 7.28. The van der Waals surface area contributed by atoms with Gasteiger partial charge in [0.05, 0.1) is 11.0 Å². The number of aromatic nitrogens is 3. The molecule has 0 aliphatic rings. The molecule has 0 N–H and O–H groups in total. The minimum absolute atomic E-state index is 0.0287. The number of halogens is 1. The van der Waals surface area contributed by atoms with E-state index in [-0.39, 0.29) is 21.2 Å². The van der Waals surface area contributed by atoms with E-state index in [9.17, 15) is 0 Å². The number of rotatable bonds is 2. The van der Waals surface area contributed by atoms with Gasteiger partial charge in [0.2, 0.25) is 0 Å². The summed E-state index contributed by atoms with van der Waals surface area (Å²) < 4.78 is 2.96. The fourth-order valence-electron chi connectivity index (χ4n) is 2.00. The largest absolute Gasteiger partial charge is 0.492 e. The van der Waals surface area contributed by atoms with E-state index in [4.69, 9.17) is 0 Å². The van der Waals surface area contributed by atoms with Crippen LogP contribution in [0, 0.1) is 14.1 Å². The van der Waals surface area contributed by atoms with Crippen molar-refractivity contribution >= 4 is 11.0 Å². The van der Waals surface area contributed by atoms with Crippen LogP contribution in [0.5, 0.6) is 0 Å². The number of fused-ring (bicyclic) bond motifs is 1. The zero-order valence-electron chi connectivity index (χ0n) is 12.7. The summed E-state index contributed by atoms with van der Waals surface area (Å²) in [5.41, 5.74) is 2.93. The van der Waals surface area contributed by atoms with E-state index < -0.39 is 0 Å². The van der Waals surface area contributed by atoms with E-state index in [2.05, 4.69) is 76.1 Å². The molecule has 23 heavy (non-hydrogen) atoms. The lowest BCUT2D eigenvalue weighted by Crippen LogP contribution is -3.61. The Morgan fingerprint density at radius 2 is 1.26 bits per heavy atom. The molecular formula is C19H16IN3. The fourth-order valence-corrected chi connectivity index (χ4v) is 4.27. The van der Waals surface area contributed by atoms with Crippen LogP contribution in [0.15, 0.2) is 78.9 Å². The van der Waals surface area contributed by atoms with E-state index in [0.29, 0.717) is 0 Å². The van der Waals surface area contributed by atoms with Crippen molar-refractivity contribution in [1.82, 2.24) is 15.4 Å². The van der Waals surface area contributed by atoms with Crippen molar-refractivity contribution in [3.05, 3.63) is 91.6 Å². The van der Waals surface area contributed by atoms with Crippen molar-refractivity contribution in [2.24, 2.45) is 0 Å². The molecule has 4 aromatic rings. The summed E-state index contributed by atoms with van der Waals surface area (Å²) in [5.74, 6) is 0. The second-order valence-corrected chi connectivity index (χ2v) is 8.00. The molecule has 0 spiro atoms. The smallest absolute Gasteiger partial charge is 0.357 e. The molecule has 0 fully saturated rings. The highest BCUT2D eigenvalue weighted by atomic mass is 127. The maximum atomic E-state index is 3.82. The van der Waals surface area contributed by atoms with Crippen LogP contribution >= 0.6 is 0 Å². The van der Waals surface area contributed by atoms with Crippen LogP contribution in [0.1, 0.15) is 5.56 Å². The van der Waals surface area contributed by atoms with Gasteiger partial charge in [0.15, 0.2) is 7.14 Å². The Labute approximate surface area is 146 Å². The second-order valence-electron chi connectivity index (χ2n) is 4.97. The third kappa shape index (κ3) is 4.63. The number of aryl methyl sites for hydroxylation is 1. The molecule has 1 aromatic heterocycles. The highest BCUT2D eigenvalue weighted by Gasteiger charge is 2.12. The highest BCUT2D eigenvalue weighted by molar-refractivity contribution is 5.73. The normalized spacial score (nSPS) is 10.1. The van der Waals surface area contributed by atoms with Gasteiger partial charge in [-0.3, -0.25) is 0 Å². The Kier molecular flexibility index (Phi) is 5.37. The summed E-state index contributed by atoms with van der Waals surface area (Å²) in [5, 5.41) is 11.2. The zero-order chi connectivity index (χ0) is 15.9. The minimum Gasteiger partial charge on any atom is -0.492 e. The van der Waals surface area contributed by atoms with Crippen molar-refractivity contribution in [2.45, 2.75) is 6.92 Å². The van der Waals surface area contributed by atoms with Crippen molar-refractivity contribution in [3.63, 3.8) is 0 Å². The van der Waals surface area contributed by atoms with Crippen LogP contribution in [0.2, 0.25) is 0 Å². The summed E-state index contributed by atoms with van der Waals surface area (Å²) in [6.45, 7) is 2.02. The van der Waals surface area contributed by atoms with Crippen molar-refractivity contribution in [2.75, 3.05) is 0 Å². The molecule has 0 bridgehead atoms. The highest BCUT2D eigenvalue weighted by Crippen LogP contribution is 2.08. The predicted molar refractivity (Wildman–Crippen MR) is 87.9 cm³/mol. The SMILES string of the molecule is Cc1ccc2n[n-]nc2c1.c1ccc([I+]c2ccccc2)cc1. The van der Waals surface area contributed by atoms with E-state index in [1.54, 1.807) is 0 Å². The topological polar surface area (TPSA) is 39.9 Å². The maximum absolute atomic E-state index is 3.82. The predicted octanol–water partition coefficient (Wildman–Crippen LogP) is 0.710. The summed E-state index contributed by atoms with van der Waals surface area (Å²) >= 11 is 0.0287. The average Bonchev–Trinajstić information content (AvgIpc) is 3.05. The fraction of sp³-hybridized carbons (Fsp3) is 0.0526. The van der Waals surface area contributed by atoms with Gasteiger partial charge in [-0.1, -0.05) is 42.5 Å². The van der Waals surface area contributed by atoms with E-state index in [1.807, 2.05) is 25.1 Å². The summed E-state index contributed by atoms with van der Waals surface area (Å²) in [6, 6.07) is 27.3. The molecule has 0 aliphatic carbocycles. The van der Waals surface area contributed by atoms with Crippen LogP contribution in [0.4, 0.5) is 0 Å². The van der Waals surface area contributed by atoms with Crippen LogP contribution in [-0.2, 0) is 0 Å². The molecule has 3 aromatic carbocycles. The molecule has 0 atom stereocenters. The van der Waals surface area contributed by atoms with Crippen LogP contribution in [-0.4, -0.2) is 10.2 Å². The first-order valence-corrected chi connectivity index (χ1v) is 9.44. The first-order chi connectivity index (χ1) is 11.3. The van der Waals surface area contributed by atoms with E-state index in [1.165, 1.54) is 12.7 Å². The second kappa shape index (κ2) is 7.87. The van der Waals surface area contributed by atoms with Gasteiger partial charge in [0.1, 0.15) is 0 Å². The van der Waals surface area contributed by atoms with Gasteiger partial charge in [-0.2, -0.15) is 0 Å². The third-order valence-electron chi connectivity index (χ3n) is 3.12. The first kappa shape index (κ1) is 15.7. The van der Waals surface area contributed by atoms with Gasteiger partial charge in [-0.25, -0.2) is 0 Å². The van der Waals surface area contributed by atoms with Crippen LogP contribution in [0.25, 0.3) is 11.0 Å². The van der Waals surface area contributed by atoms with Gasteiger partial charge in [0.25, 0.3) is 0 Å². The number of hydrogen-bond acceptors (Lipinski definition) is 2. The Morgan fingerprint density at radius 1 is 0.696 bits per heavy atom. The van der Waals surface area contributed by atoms with Crippen molar-refractivity contribution < 1.29 is 21.2 Å². The standard InChI is InChI=1S/C12H10I.C7H6N3/c1-3-7-11(8-4-1)13-12-9-5-2-6-10-12;1-5-2-3-6-7(4-5)9-10-8-6/h1-10H;2-4H,1H3/q+1;-1. The van der Waals surface area contributed by atoms with Crippen LogP contribution < -0.4 is 26.4 Å². The Balaban J connectivity index is 0.000000140. The van der Waals surface area contributed by atoms with E-state index in [0.717, 1.165) is 11.0 Å². The lowest BCUT2D eigenvalue weighted by Gasteiger charge is -1.89. The average molecular weight is 413 g/mol. The molecule has 0 saturated heterocycles. The molecular weight excluding hydrogens is 397 g/mol. The Morgan fingerprint density at radius 3 is 1.87 bits per heavy atom. The van der Waals surface area contributed by atoms with Crippen molar-refractivity contribution in [3.8, 4) is 0 Å². The van der Waals surface area contributed by atoms with Gasteiger partial charge in [-0.15, -0.1) is 0 Å². The Hall–Kier alpha value is -2.21. The molecule has 0 unspecified atom stereocenters. The third-order valence-corrected chi connectivity index (χ3v) is 5.80.